The van der Waals surface area contributed by atoms with Crippen molar-refractivity contribution in [2.45, 2.75) is 37.4 Å². The van der Waals surface area contributed by atoms with Crippen molar-refractivity contribution < 1.29 is 0 Å². The Hall–Kier alpha value is -0.0400. The number of hydrogen-bond acceptors (Lipinski definition) is 0. The third kappa shape index (κ3) is 6.36. The summed E-state index contributed by atoms with van der Waals surface area (Å²) >= 11 is 3.67. The fourth-order valence-corrected chi connectivity index (χ4v) is 1.41. The molecule has 1 heteroatoms. The van der Waals surface area contributed by atoms with Crippen molar-refractivity contribution in [3.63, 3.8) is 0 Å². The molecule has 0 radical (unpaired) electrons. The Labute approximate surface area is 78.5 Å². The average Bonchev–Trinajstić information content (AvgIpc) is 1.87. The molecule has 64 valence electrons. The first-order chi connectivity index (χ1) is 5.12. The Morgan fingerprint density at radius 2 is 2.18 bits per heavy atom. The van der Waals surface area contributed by atoms with Crippen molar-refractivity contribution >= 4 is 15.9 Å². The van der Waals surface area contributed by atoms with E-state index in [1.54, 1.807) is 0 Å². The minimum Gasteiger partial charge on any atom is -0.103 e. The summed E-state index contributed by atoms with van der Waals surface area (Å²) in [5.74, 6) is 0. The summed E-state index contributed by atoms with van der Waals surface area (Å²) in [5, 5.41) is 0. The van der Waals surface area contributed by atoms with Crippen LogP contribution in [-0.2, 0) is 0 Å². The van der Waals surface area contributed by atoms with E-state index in [0.717, 1.165) is 12.8 Å². The molecule has 0 aliphatic rings. The second kappa shape index (κ2) is 5.59. The van der Waals surface area contributed by atoms with E-state index in [9.17, 15) is 0 Å². The molecule has 0 heterocycles. The van der Waals surface area contributed by atoms with Gasteiger partial charge in [0.2, 0.25) is 0 Å². The summed E-state index contributed by atoms with van der Waals surface area (Å²) in [7, 11) is 0. The lowest BCUT2D eigenvalue weighted by atomic mass is 10.0. The zero-order valence-electron chi connectivity index (χ0n) is 7.44. The van der Waals surface area contributed by atoms with Crippen LogP contribution in [-0.4, -0.2) is 4.32 Å². The molecule has 0 aliphatic carbocycles. The predicted octanol–water partition coefficient (Wildman–Crippen LogP) is 4.07. The lowest BCUT2D eigenvalue weighted by Gasteiger charge is -2.19. The molecular weight excluding hydrogens is 200 g/mol. The molecule has 0 aromatic heterocycles. The standard InChI is InChI=1S/C10H17Br/c1-4-6-7-9-10(3,11)8-5-2/h4-6H,2,7-9H2,1,3H3/b6-4+. The zero-order chi connectivity index (χ0) is 8.74. The summed E-state index contributed by atoms with van der Waals surface area (Å²) in [5.41, 5.74) is 0. The van der Waals surface area contributed by atoms with Gasteiger partial charge in [0.25, 0.3) is 0 Å². The second-order valence-electron chi connectivity index (χ2n) is 3.01. The van der Waals surface area contributed by atoms with Crippen LogP contribution >= 0.6 is 15.9 Å². The quantitative estimate of drug-likeness (QED) is 0.481. The highest BCUT2D eigenvalue weighted by Gasteiger charge is 2.16. The molecule has 0 spiro atoms. The highest BCUT2D eigenvalue weighted by atomic mass is 79.9. The average molecular weight is 217 g/mol. The van der Waals surface area contributed by atoms with Crippen LogP contribution in [0, 0.1) is 0 Å². The van der Waals surface area contributed by atoms with E-state index < -0.39 is 0 Å². The van der Waals surface area contributed by atoms with Gasteiger partial charge in [-0.2, -0.15) is 0 Å². The van der Waals surface area contributed by atoms with Gasteiger partial charge in [0.15, 0.2) is 0 Å². The Balaban J connectivity index is 3.62. The zero-order valence-corrected chi connectivity index (χ0v) is 9.02. The summed E-state index contributed by atoms with van der Waals surface area (Å²) in [6.07, 6.45) is 9.60. The van der Waals surface area contributed by atoms with Crippen molar-refractivity contribution in [3.05, 3.63) is 24.8 Å². The van der Waals surface area contributed by atoms with Gasteiger partial charge in [-0.15, -0.1) is 6.58 Å². The molecule has 0 bridgehead atoms. The van der Waals surface area contributed by atoms with Crippen LogP contribution in [0.5, 0.6) is 0 Å². The Bertz CT molecular complexity index is 134. The van der Waals surface area contributed by atoms with Crippen molar-refractivity contribution in [3.8, 4) is 0 Å². The van der Waals surface area contributed by atoms with Gasteiger partial charge in [-0.05, 0) is 33.1 Å². The third-order valence-corrected chi connectivity index (χ3v) is 2.36. The molecule has 0 aromatic carbocycles. The molecular formula is C10H17Br. The lowest BCUT2D eigenvalue weighted by Crippen LogP contribution is -2.13. The Morgan fingerprint density at radius 1 is 1.55 bits per heavy atom. The first kappa shape index (κ1) is 11.0. The maximum atomic E-state index is 3.73. The van der Waals surface area contributed by atoms with E-state index in [0.29, 0.717) is 0 Å². The molecule has 0 rings (SSSR count). The van der Waals surface area contributed by atoms with Gasteiger partial charge in [-0.1, -0.05) is 34.2 Å². The fourth-order valence-electron chi connectivity index (χ4n) is 0.954. The summed E-state index contributed by atoms with van der Waals surface area (Å²) in [6.45, 7) is 7.99. The van der Waals surface area contributed by atoms with Gasteiger partial charge >= 0.3 is 0 Å². The molecule has 0 N–H and O–H groups in total. The minimum atomic E-state index is 0.244. The van der Waals surface area contributed by atoms with E-state index in [-0.39, 0.29) is 4.32 Å². The maximum Gasteiger partial charge on any atom is 0.0267 e. The van der Waals surface area contributed by atoms with Crippen LogP contribution in [0.25, 0.3) is 0 Å². The van der Waals surface area contributed by atoms with Gasteiger partial charge in [0, 0.05) is 4.32 Å². The normalized spacial score (nSPS) is 16.6. The van der Waals surface area contributed by atoms with E-state index in [4.69, 9.17) is 0 Å². The van der Waals surface area contributed by atoms with Crippen LogP contribution in [0.1, 0.15) is 33.1 Å². The molecule has 0 saturated carbocycles. The van der Waals surface area contributed by atoms with Crippen molar-refractivity contribution in [2.75, 3.05) is 0 Å². The molecule has 1 atom stereocenters. The largest absolute Gasteiger partial charge is 0.103 e. The first-order valence-corrected chi connectivity index (χ1v) is 4.82. The van der Waals surface area contributed by atoms with Crippen LogP contribution in [0.15, 0.2) is 24.8 Å². The fraction of sp³-hybridized carbons (Fsp3) is 0.600. The molecule has 0 fully saturated rings. The van der Waals surface area contributed by atoms with Crippen LogP contribution < -0.4 is 0 Å². The van der Waals surface area contributed by atoms with E-state index in [2.05, 4.69) is 48.5 Å². The third-order valence-electron chi connectivity index (χ3n) is 1.64. The Kier molecular flexibility index (Phi) is 5.57. The lowest BCUT2D eigenvalue weighted by molar-refractivity contribution is 0.614. The monoisotopic (exact) mass is 216 g/mol. The Morgan fingerprint density at radius 3 is 2.64 bits per heavy atom. The molecule has 1 unspecified atom stereocenters. The van der Waals surface area contributed by atoms with Gasteiger partial charge < -0.3 is 0 Å². The van der Waals surface area contributed by atoms with Gasteiger partial charge in [-0.25, -0.2) is 0 Å². The number of halogens is 1. The smallest absolute Gasteiger partial charge is 0.0267 e. The molecule has 0 amide bonds. The van der Waals surface area contributed by atoms with E-state index in [1.165, 1.54) is 6.42 Å². The SMILES string of the molecule is C=CCC(C)(Br)CC/C=C/C. The van der Waals surface area contributed by atoms with Crippen molar-refractivity contribution in [1.29, 1.82) is 0 Å². The van der Waals surface area contributed by atoms with Crippen molar-refractivity contribution in [1.82, 2.24) is 0 Å². The molecule has 11 heavy (non-hydrogen) atoms. The molecule has 0 aliphatic heterocycles. The summed E-state index contributed by atoms with van der Waals surface area (Å²) < 4.78 is 0.244. The minimum absolute atomic E-state index is 0.244. The summed E-state index contributed by atoms with van der Waals surface area (Å²) in [6, 6.07) is 0. The number of rotatable bonds is 5. The van der Waals surface area contributed by atoms with Gasteiger partial charge in [0.05, 0.1) is 0 Å². The maximum absolute atomic E-state index is 3.73. The number of hydrogen-bond donors (Lipinski definition) is 0. The molecule has 0 nitrogen and oxygen atoms in total. The molecule has 0 saturated heterocycles. The topological polar surface area (TPSA) is 0 Å². The number of allylic oxidation sites excluding steroid dienone is 3. The summed E-state index contributed by atoms with van der Waals surface area (Å²) in [4.78, 5) is 0. The van der Waals surface area contributed by atoms with Gasteiger partial charge in [-0.3, -0.25) is 0 Å². The van der Waals surface area contributed by atoms with Crippen molar-refractivity contribution in [2.24, 2.45) is 0 Å². The number of alkyl halides is 1. The van der Waals surface area contributed by atoms with Crippen LogP contribution in [0.4, 0.5) is 0 Å². The highest BCUT2D eigenvalue weighted by Crippen LogP contribution is 2.27. The van der Waals surface area contributed by atoms with E-state index >= 15 is 0 Å². The van der Waals surface area contributed by atoms with Crippen LogP contribution in [0.2, 0.25) is 0 Å². The highest BCUT2D eigenvalue weighted by molar-refractivity contribution is 9.10. The van der Waals surface area contributed by atoms with E-state index in [1.807, 2.05) is 6.08 Å². The second-order valence-corrected chi connectivity index (χ2v) is 4.93. The molecule has 0 aromatic rings. The first-order valence-electron chi connectivity index (χ1n) is 4.03. The van der Waals surface area contributed by atoms with Gasteiger partial charge in [0.1, 0.15) is 0 Å². The predicted molar refractivity (Wildman–Crippen MR) is 56.2 cm³/mol. The van der Waals surface area contributed by atoms with Crippen LogP contribution in [0.3, 0.4) is 0 Å².